The number of benzene rings is 2. The number of para-hydroxylation sites is 1. The first kappa shape index (κ1) is 21.0. The number of aryl methyl sites for hydroxylation is 1. The summed E-state index contributed by atoms with van der Waals surface area (Å²) < 4.78 is 8.68. The van der Waals surface area contributed by atoms with Gasteiger partial charge in [-0.1, -0.05) is 36.9 Å². The van der Waals surface area contributed by atoms with Gasteiger partial charge < -0.3 is 9.52 Å². The number of fused-ring (bicyclic) bond motifs is 4. The Labute approximate surface area is 191 Å². The predicted molar refractivity (Wildman–Crippen MR) is 128 cm³/mol. The van der Waals surface area contributed by atoms with Gasteiger partial charge in [-0.2, -0.15) is 0 Å². The summed E-state index contributed by atoms with van der Waals surface area (Å²) in [6, 6.07) is 12.1. The molecule has 0 atom stereocenters. The summed E-state index contributed by atoms with van der Waals surface area (Å²) in [5.41, 5.74) is 1.94. The minimum Gasteiger partial charge on any atom is -0.508 e. The van der Waals surface area contributed by atoms with Gasteiger partial charge in [0.15, 0.2) is 5.16 Å². The van der Waals surface area contributed by atoms with E-state index >= 15 is 0 Å². The van der Waals surface area contributed by atoms with Crippen molar-refractivity contribution < 1.29 is 9.52 Å². The van der Waals surface area contributed by atoms with Gasteiger partial charge in [-0.25, -0.2) is 4.79 Å². The summed E-state index contributed by atoms with van der Waals surface area (Å²) in [7, 11) is 0. The summed E-state index contributed by atoms with van der Waals surface area (Å²) in [4.78, 5) is 25.1. The van der Waals surface area contributed by atoms with E-state index in [0.29, 0.717) is 46.1 Å². The Hall–Kier alpha value is -3.85. The van der Waals surface area contributed by atoms with Crippen molar-refractivity contribution in [2.24, 2.45) is 0 Å². The highest BCUT2D eigenvalue weighted by molar-refractivity contribution is 7.98. The van der Waals surface area contributed by atoms with E-state index in [1.165, 1.54) is 28.5 Å². The Bertz CT molecular complexity index is 1670. The molecule has 33 heavy (non-hydrogen) atoms. The van der Waals surface area contributed by atoms with E-state index in [0.717, 1.165) is 16.5 Å². The standard InChI is InChI=1S/C24H20N4O4S/c1-3-9-27-22(31)16-7-5-6-8-18(16)28-23(27)25-26-24(28)33-13-15-11-21(30)32-20-12-19(29)14(4-2)10-17(15)20/h3,5-8,10-12,29H,1,4,9,13H2,2H3. The van der Waals surface area contributed by atoms with E-state index < -0.39 is 5.63 Å². The van der Waals surface area contributed by atoms with Crippen LogP contribution in [0.25, 0.3) is 27.6 Å². The second-order valence-electron chi connectivity index (χ2n) is 7.55. The number of phenols is 1. The SMILES string of the molecule is C=CCn1c(=O)c2ccccc2n2c(SCc3cc(=O)oc4cc(O)c(CC)cc34)nnc12. The van der Waals surface area contributed by atoms with E-state index in [9.17, 15) is 14.7 Å². The van der Waals surface area contributed by atoms with Crippen molar-refractivity contribution in [2.45, 2.75) is 30.8 Å². The lowest BCUT2D eigenvalue weighted by Crippen LogP contribution is -2.22. The Morgan fingerprint density at radius 3 is 2.73 bits per heavy atom. The van der Waals surface area contributed by atoms with Gasteiger partial charge in [-0.05, 0) is 35.7 Å². The molecule has 0 unspecified atom stereocenters. The average molecular weight is 461 g/mol. The van der Waals surface area contributed by atoms with Crippen LogP contribution < -0.4 is 11.2 Å². The molecule has 1 N–H and O–H groups in total. The van der Waals surface area contributed by atoms with Crippen LogP contribution in [0, 0.1) is 0 Å². The number of phenolic OH excluding ortho intramolecular Hbond substituents is 1. The van der Waals surface area contributed by atoms with Crippen LogP contribution in [0.1, 0.15) is 18.1 Å². The lowest BCUT2D eigenvalue weighted by molar-refractivity contribution is 0.466. The van der Waals surface area contributed by atoms with Crippen LogP contribution in [0.5, 0.6) is 5.75 Å². The lowest BCUT2D eigenvalue weighted by Gasteiger charge is -2.10. The first-order chi connectivity index (χ1) is 16.0. The molecule has 3 aromatic heterocycles. The molecule has 3 heterocycles. The third-order valence-electron chi connectivity index (χ3n) is 5.56. The van der Waals surface area contributed by atoms with Gasteiger partial charge in [0.05, 0.1) is 10.9 Å². The first-order valence-corrected chi connectivity index (χ1v) is 11.4. The number of nitrogens with zero attached hydrogens (tertiary/aromatic N) is 4. The summed E-state index contributed by atoms with van der Waals surface area (Å²) >= 11 is 1.40. The molecule has 0 saturated heterocycles. The van der Waals surface area contributed by atoms with Crippen LogP contribution in [0.3, 0.4) is 0 Å². The molecule has 5 rings (SSSR count). The molecular weight excluding hydrogens is 440 g/mol. The van der Waals surface area contributed by atoms with E-state index in [-0.39, 0.29) is 11.3 Å². The molecule has 0 spiro atoms. The number of aromatic hydroxyl groups is 1. The van der Waals surface area contributed by atoms with E-state index in [4.69, 9.17) is 4.42 Å². The highest BCUT2D eigenvalue weighted by Crippen LogP contribution is 2.31. The Kier molecular flexibility index (Phi) is 5.26. The number of hydrogen-bond acceptors (Lipinski definition) is 7. The van der Waals surface area contributed by atoms with E-state index in [2.05, 4.69) is 16.8 Å². The van der Waals surface area contributed by atoms with Crippen LogP contribution in [0.4, 0.5) is 0 Å². The van der Waals surface area contributed by atoms with Crippen LogP contribution in [0.2, 0.25) is 0 Å². The number of rotatable bonds is 6. The van der Waals surface area contributed by atoms with Gasteiger partial charge in [-0.15, -0.1) is 16.8 Å². The van der Waals surface area contributed by atoms with E-state index in [1.54, 1.807) is 12.1 Å². The molecule has 8 nitrogen and oxygen atoms in total. The molecule has 2 aromatic carbocycles. The molecule has 0 aliphatic heterocycles. The molecule has 0 bridgehead atoms. The van der Waals surface area contributed by atoms with Gasteiger partial charge in [0.1, 0.15) is 11.3 Å². The Balaban J connectivity index is 1.64. The third-order valence-corrected chi connectivity index (χ3v) is 6.53. The van der Waals surface area contributed by atoms with Crippen LogP contribution in [-0.4, -0.2) is 24.3 Å². The molecule has 0 fully saturated rings. The fourth-order valence-corrected chi connectivity index (χ4v) is 4.90. The predicted octanol–water partition coefficient (Wildman–Crippen LogP) is 3.90. The smallest absolute Gasteiger partial charge is 0.336 e. The topological polar surface area (TPSA) is 103 Å². The fraction of sp³-hybridized carbons (Fsp3) is 0.167. The Morgan fingerprint density at radius 1 is 1.12 bits per heavy atom. The van der Waals surface area contributed by atoms with E-state index in [1.807, 2.05) is 35.6 Å². The average Bonchev–Trinajstić information content (AvgIpc) is 3.23. The van der Waals surface area contributed by atoms with Crippen molar-refractivity contribution in [3.8, 4) is 5.75 Å². The monoisotopic (exact) mass is 460 g/mol. The maximum absolute atomic E-state index is 13.0. The van der Waals surface area contributed by atoms with Crippen molar-refractivity contribution in [1.82, 2.24) is 19.2 Å². The zero-order valence-corrected chi connectivity index (χ0v) is 18.6. The molecule has 166 valence electrons. The van der Waals surface area contributed by atoms with Crippen LogP contribution in [0.15, 0.2) is 74.3 Å². The van der Waals surface area contributed by atoms with Gasteiger partial charge in [-0.3, -0.25) is 13.8 Å². The molecule has 0 aliphatic rings. The summed E-state index contributed by atoms with van der Waals surface area (Å²) in [5.74, 6) is 0.955. The maximum Gasteiger partial charge on any atom is 0.336 e. The number of allylic oxidation sites excluding steroid dienone is 1. The lowest BCUT2D eigenvalue weighted by atomic mass is 10.1. The number of hydrogen-bond donors (Lipinski definition) is 1. The molecular formula is C24H20N4O4S. The molecule has 5 aromatic rings. The zero-order valence-electron chi connectivity index (χ0n) is 17.8. The Morgan fingerprint density at radius 2 is 1.94 bits per heavy atom. The summed E-state index contributed by atoms with van der Waals surface area (Å²) in [6.45, 7) is 6.00. The van der Waals surface area contributed by atoms with Crippen LogP contribution >= 0.6 is 11.8 Å². The molecule has 0 saturated carbocycles. The van der Waals surface area contributed by atoms with Gasteiger partial charge in [0, 0.05) is 29.8 Å². The number of aromatic nitrogens is 4. The highest BCUT2D eigenvalue weighted by Gasteiger charge is 2.17. The molecule has 0 aliphatic carbocycles. The second-order valence-corrected chi connectivity index (χ2v) is 8.49. The third kappa shape index (κ3) is 3.50. The van der Waals surface area contributed by atoms with Crippen molar-refractivity contribution in [1.29, 1.82) is 0 Å². The van der Waals surface area contributed by atoms with Crippen molar-refractivity contribution in [2.75, 3.05) is 0 Å². The molecule has 0 amide bonds. The summed E-state index contributed by atoms with van der Waals surface area (Å²) in [5, 5.41) is 20.7. The fourth-order valence-electron chi connectivity index (χ4n) is 3.97. The first-order valence-electron chi connectivity index (χ1n) is 10.4. The normalized spacial score (nSPS) is 11.5. The molecule has 0 radical (unpaired) electrons. The van der Waals surface area contributed by atoms with Crippen LogP contribution in [-0.2, 0) is 18.7 Å². The van der Waals surface area contributed by atoms with Crippen molar-refractivity contribution >= 4 is 39.4 Å². The van der Waals surface area contributed by atoms with Gasteiger partial charge in [0.2, 0.25) is 5.78 Å². The van der Waals surface area contributed by atoms with Crippen molar-refractivity contribution in [3.05, 3.63) is 87.0 Å². The molecule has 9 heteroatoms. The van der Waals surface area contributed by atoms with Crippen molar-refractivity contribution in [3.63, 3.8) is 0 Å². The zero-order chi connectivity index (χ0) is 23.1. The van der Waals surface area contributed by atoms with Gasteiger partial charge in [0.25, 0.3) is 5.56 Å². The van der Waals surface area contributed by atoms with Gasteiger partial charge >= 0.3 is 5.63 Å². The highest BCUT2D eigenvalue weighted by atomic mass is 32.2. The quantitative estimate of drug-likeness (QED) is 0.233. The second kappa shape index (κ2) is 8.25. The largest absolute Gasteiger partial charge is 0.508 e. The number of thioether (sulfide) groups is 1. The maximum atomic E-state index is 13.0. The minimum atomic E-state index is -0.488. The summed E-state index contributed by atoms with van der Waals surface area (Å²) in [6.07, 6.45) is 2.29. The minimum absolute atomic E-state index is 0.105.